The summed E-state index contributed by atoms with van der Waals surface area (Å²) in [5.74, 6) is 0. The summed E-state index contributed by atoms with van der Waals surface area (Å²) < 4.78 is 4.99. The molecule has 0 bridgehead atoms. The van der Waals surface area contributed by atoms with Crippen molar-refractivity contribution in [3.8, 4) is 0 Å². The molecule has 11 heavy (non-hydrogen) atoms. The quantitative estimate of drug-likeness (QED) is 0.473. The highest BCUT2D eigenvalue weighted by atomic mass is 16.5. The lowest BCUT2D eigenvalue weighted by Crippen LogP contribution is -2.24. The Kier molecular flexibility index (Phi) is 5.20. The van der Waals surface area contributed by atoms with Gasteiger partial charge in [-0.05, 0) is 6.92 Å². The molecular weight excluding hydrogens is 146 g/mol. The van der Waals surface area contributed by atoms with Crippen molar-refractivity contribution in [2.75, 3.05) is 19.8 Å². The Bertz CT molecular complexity index is 129. The van der Waals surface area contributed by atoms with E-state index in [0.29, 0.717) is 13.2 Å². The SMILES string of the molecule is C=C(C)COCCNC([O])=O. The molecule has 1 amide bonds. The maximum Gasteiger partial charge on any atom is 0.450 e. The van der Waals surface area contributed by atoms with Crippen molar-refractivity contribution in [3.05, 3.63) is 12.2 Å². The molecule has 0 fully saturated rings. The number of carbonyl (C=O) groups is 1. The summed E-state index contributed by atoms with van der Waals surface area (Å²) in [7, 11) is 0. The van der Waals surface area contributed by atoms with E-state index in [4.69, 9.17) is 4.74 Å². The predicted molar refractivity (Wildman–Crippen MR) is 39.7 cm³/mol. The first kappa shape index (κ1) is 9.97. The van der Waals surface area contributed by atoms with Gasteiger partial charge in [0.05, 0.1) is 13.2 Å². The molecule has 63 valence electrons. The Morgan fingerprint density at radius 2 is 2.27 bits per heavy atom. The highest BCUT2D eigenvalue weighted by molar-refractivity contribution is 5.63. The molecule has 0 saturated heterocycles. The summed E-state index contributed by atoms with van der Waals surface area (Å²) in [5.41, 5.74) is 0.915. The van der Waals surface area contributed by atoms with E-state index < -0.39 is 6.09 Å². The third-order valence-electron chi connectivity index (χ3n) is 0.864. The maximum absolute atomic E-state index is 9.80. The van der Waals surface area contributed by atoms with Gasteiger partial charge in [0.1, 0.15) is 0 Å². The molecule has 0 atom stereocenters. The molecule has 0 aliphatic heterocycles. The van der Waals surface area contributed by atoms with Gasteiger partial charge >= 0.3 is 6.09 Å². The number of nitrogens with one attached hydrogen (secondary N) is 1. The topological polar surface area (TPSA) is 58.2 Å². The lowest BCUT2D eigenvalue weighted by molar-refractivity contribution is 0.143. The highest BCUT2D eigenvalue weighted by Gasteiger charge is 1.94. The van der Waals surface area contributed by atoms with Crippen molar-refractivity contribution >= 4 is 6.09 Å². The van der Waals surface area contributed by atoms with E-state index in [1.54, 1.807) is 0 Å². The van der Waals surface area contributed by atoms with Gasteiger partial charge in [-0.15, -0.1) is 0 Å². The lowest BCUT2D eigenvalue weighted by atomic mass is 10.4. The van der Waals surface area contributed by atoms with Crippen LogP contribution in [0, 0.1) is 0 Å². The van der Waals surface area contributed by atoms with Crippen LogP contribution in [0.15, 0.2) is 12.2 Å². The largest absolute Gasteiger partial charge is 0.450 e. The van der Waals surface area contributed by atoms with Gasteiger partial charge in [-0.1, -0.05) is 12.2 Å². The molecule has 0 unspecified atom stereocenters. The van der Waals surface area contributed by atoms with Crippen LogP contribution in [0.1, 0.15) is 6.92 Å². The Labute approximate surface area is 65.9 Å². The van der Waals surface area contributed by atoms with Gasteiger partial charge in [-0.3, -0.25) is 0 Å². The summed E-state index contributed by atoms with van der Waals surface area (Å²) in [6.45, 7) is 6.53. The van der Waals surface area contributed by atoms with Gasteiger partial charge in [0.15, 0.2) is 0 Å². The molecule has 4 nitrogen and oxygen atoms in total. The number of amides is 1. The van der Waals surface area contributed by atoms with E-state index in [1.165, 1.54) is 0 Å². The number of ether oxygens (including phenoxy) is 1. The van der Waals surface area contributed by atoms with Crippen molar-refractivity contribution in [2.24, 2.45) is 0 Å². The van der Waals surface area contributed by atoms with Crippen molar-refractivity contribution < 1.29 is 14.6 Å². The first-order valence-electron chi connectivity index (χ1n) is 3.30. The van der Waals surface area contributed by atoms with Gasteiger partial charge in [0.2, 0.25) is 0 Å². The zero-order valence-electron chi connectivity index (χ0n) is 6.55. The lowest BCUT2D eigenvalue weighted by Gasteiger charge is -2.01. The molecular formula is C7H12NO3. The van der Waals surface area contributed by atoms with Gasteiger partial charge in [-0.2, -0.15) is 0 Å². The van der Waals surface area contributed by atoms with Crippen molar-refractivity contribution in [1.29, 1.82) is 0 Å². The summed E-state index contributed by atoms with van der Waals surface area (Å²) >= 11 is 0. The predicted octanol–water partition coefficient (Wildman–Crippen LogP) is 0.719. The second kappa shape index (κ2) is 5.73. The van der Waals surface area contributed by atoms with Crippen LogP contribution in [0.5, 0.6) is 0 Å². The molecule has 0 aliphatic rings. The minimum Gasteiger partial charge on any atom is -0.375 e. The molecule has 0 aliphatic carbocycles. The number of carbonyl (C=O) groups excluding carboxylic acids is 1. The van der Waals surface area contributed by atoms with E-state index in [0.717, 1.165) is 5.57 Å². The third-order valence-corrected chi connectivity index (χ3v) is 0.864. The highest BCUT2D eigenvalue weighted by Crippen LogP contribution is 1.86. The summed E-state index contributed by atoms with van der Waals surface area (Å²) in [6.07, 6.45) is -1.27. The van der Waals surface area contributed by atoms with E-state index in [2.05, 4.69) is 11.9 Å². The first-order valence-corrected chi connectivity index (χ1v) is 3.30. The zero-order chi connectivity index (χ0) is 8.69. The Balaban J connectivity index is 3.03. The van der Waals surface area contributed by atoms with E-state index >= 15 is 0 Å². The number of hydrogen-bond acceptors (Lipinski definition) is 2. The van der Waals surface area contributed by atoms with E-state index in [1.807, 2.05) is 6.92 Å². The monoisotopic (exact) mass is 158 g/mol. The van der Waals surface area contributed by atoms with Crippen LogP contribution < -0.4 is 5.32 Å². The minimum absolute atomic E-state index is 0.260. The van der Waals surface area contributed by atoms with Crippen LogP contribution in [0.2, 0.25) is 0 Å². The van der Waals surface area contributed by atoms with Crippen LogP contribution in [0.3, 0.4) is 0 Å². The Hall–Kier alpha value is -1.03. The molecule has 1 N–H and O–H groups in total. The molecule has 0 aromatic carbocycles. The summed E-state index contributed by atoms with van der Waals surface area (Å²) in [4.78, 5) is 9.80. The van der Waals surface area contributed by atoms with Gasteiger partial charge in [-0.25, -0.2) is 9.90 Å². The molecule has 1 radical (unpaired) electrons. The van der Waals surface area contributed by atoms with Gasteiger partial charge in [0, 0.05) is 6.54 Å². The molecule has 4 heteroatoms. The zero-order valence-corrected chi connectivity index (χ0v) is 6.55. The smallest absolute Gasteiger partial charge is 0.375 e. The fourth-order valence-corrected chi connectivity index (χ4v) is 0.472. The van der Waals surface area contributed by atoms with Crippen molar-refractivity contribution in [2.45, 2.75) is 6.92 Å². The second-order valence-corrected chi connectivity index (χ2v) is 2.22. The van der Waals surface area contributed by atoms with Crippen LogP contribution in [-0.2, 0) is 9.84 Å². The Morgan fingerprint density at radius 1 is 1.64 bits per heavy atom. The van der Waals surface area contributed by atoms with Crippen molar-refractivity contribution in [1.82, 2.24) is 5.32 Å². The third kappa shape index (κ3) is 8.97. The fraction of sp³-hybridized carbons (Fsp3) is 0.571. The maximum atomic E-state index is 9.80. The molecule has 0 rings (SSSR count). The molecule has 0 aromatic rings. The van der Waals surface area contributed by atoms with Crippen LogP contribution in [0.25, 0.3) is 0 Å². The minimum atomic E-state index is -1.27. The van der Waals surface area contributed by atoms with E-state index in [-0.39, 0.29) is 6.54 Å². The molecule has 0 saturated carbocycles. The standard InChI is InChI=1S/C7H12NO3/c1-6(2)5-11-4-3-8-7(9)10/h8H,1,3-5H2,2H3. The summed E-state index contributed by atoms with van der Waals surface area (Å²) in [6, 6.07) is 0. The molecule has 0 aromatic heterocycles. The van der Waals surface area contributed by atoms with Crippen LogP contribution in [0.4, 0.5) is 4.79 Å². The van der Waals surface area contributed by atoms with Crippen LogP contribution in [-0.4, -0.2) is 25.9 Å². The normalized spacial score (nSPS) is 9.18. The average molecular weight is 158 g/mol. The van der Waals surface area contributed by atoms with Crippen LogP contribution >= 0.6 is 0 Å². The number of hydrogen-bond donors (Lipinski definition) is 1. The second-order valence-electron chi connectivity index (χ2n) is 2.22. The fourth-order valence-electron chi connectivity index (χ4n) is 0.472. The first-order chi connectivity index (χ1) is 5.13. The average Bonchev–Trinajstić information content (AvgIpc) is 1.85. The van der Waals surface area contributed by atoms with Gasteiger partial charge in [0.25, 0.3) is 0 Å². The van der Waals surface area contributed by atoms with Gasteiger partial charge < -0.3 is 10.1 Å². The molecule has 0 heterocycles. The number of rotatable bonds is 5. The summed E-state index contributed by atoms with van der Waals surface area (Å²) in [5, 5.41) is 11.9. The molecule has 0 spiro atoms. The Morgan fingerprint density at radius 3 is 2.73 bits per heavy atom. The van der Waals surface area contributed by atoms with E-state index in [9.17, 15) is 9.90 Å². The van der Waals surface area contributed by atoms with Crippen molar-refractivity contribution in [3.63, 3.8) is 0 Å².